The van der Waals surface area contributed by atoms with Crippen LogP contribution in [-0.2, 0) is 0 Å². The summed E-state index contributed by atoms with van der Waals surface area (Å²) in [7, 11) is 0. The number of Topliss-reactive ketones (excluding diaryl/α,β-unsaturated/α-hetero) is 1. The zero-order valence-corrected chi connectivity index (χ0v) is 15.4. The molecule has 4 heteroatoms. The Bertz CT molecular complexity index is 877. The Kier molecular flexibility index (Phi) is 5.87. The summed E-state index contributed by atoms with van der Waals surface area (Å²) < 4.78 is 1.85. The van der Waals surface area contributed by atoms with Gasteiger partial charge < -0.3 is 5.32 Å². The number of carbonyl (C=O) groups is 1. The van der Waals surface area contributed by atoms with Gasteiger partial charge in [-0.3, -0.25) is 4.79 Å². The van der Waals surface area contributed by atoms with Crippen molar-refractivity contribution >= 4 is 23.0 Å². The van der Waals surface area contributed by atoms with E-state index in [4.69, 9.17) is 12.2 Å². The van der Waals surface area contributed by atoms with Crippen molar-refractivity contribution in [1.82, 2.24) is 5.32 Å². The molecule has 0 aliphatic heterocycles. The number of pyridine rings is 1. The molecule has 2 aromatic carbocycles. The molecule has 130 valence electrons. The molecule has 1 N–H and O–H groups in total. The smallest absolute Gasteiger partial charge is 0.270 e. The van der Waals surface area contributed by atoms with Gasteiger partial charge in [0.25, 0.3) is 6.04 Å². The maximum Gasteiger partial charge on any atom is 0.270 e. The summed E-state index contributed by atoms with van der Waals surface area (Å²) in [5.41, 5.74) is 2.86. The zero-order valence-electron chi connectivity index (χ0n) is 14.6. The van der Waals surface area contributed by atoms with Gasteiger partial charge in [-0.1, -0.05) is 72.9 Å². The van der Waals surface area contributed by atoms with E-state index < -0.39 is 6.04 Å². The number of aromatic nitrogens is 1. The van der Waals surface area contributed by atoms with Crippen molar-refractivity contribution in [2.24, 2.45) is 0 Å². The van der Waals surface area contributed by atoms with Gasteiger partial charge in [0.05, 0.1) is 0 Å². The average Bonchev–Trinajstić information content (AvgIpc) is 2.70. The second-order valence-corrected chi connectivity index (χ2v) is 6.37. The quantitative estimate of drug-likeness (QED) is 0.409. The Hall–Kier alpha value is -2.85. The normalized spacial score (nSPS) is 11.6. The molecular weight excluding hydrogens is 340 g/mol. The number of likely N-dealkylation sites (N-methyl/N-ethyl adjacent to an activating group) is 1. The fourth-order valence-electron chi connectivity index (χ4n) is 2.86. The first-order chi connectivity index (χ1) is 12.7. The number of ketones is 1. The Morgan fingerprint density at radius 2 is 1.50 bits per heavy atom. The highest BCUT2D eigenvalue weighted by Crippen LogP contribution is 2.20. The second-order valence-electron chi connectivity index (χ2n) is 5.93. The molecule has 0 spiro atoms. The lowest BCUT2D eigenvalue weighted by molar-refractivity contribution is -0.692. The Morgan fingerprint density at radius 3 is 2.12 bits per heavy atom. The number of hydrogen-bond acceptors (Lipinski definition) is 2. The van der Waals surface area contributed by atoms with E-state index in [9.17, 15) is 4.79 Å². The third-order valence-electron chi connectivity index (χ3n) is 4.16. The Morgan fingerprint density at radius 1 is 0.923 bits per heavy atom. The third kappa shape index (κ3) is 4.03. The molecule has 1 atom stereocenters. The van der Waals surface area contributed by atoms with Gasteiger partial charge in [-0.05, 0) is 18.1 Å². The van der Waals surface area contributed by atoms with Crippen LogP contribution in [0.15, 0.2) is 85.2 Å². The van der Waals surface area contributed by atoms with E-state index in [0.29, 0.717) is 17.1 Å². The molecule has 1 aromatic heterocycles. The van der Waals surface area contributed by atoms with Gasteiger partial charge in [-0.15, -0.1) is 0 Å². The van der Waals surface area contributed by atoms with E-state index >= 15 is 0 Å². The summed E-state index contributed by atoms with van der Waals surface area (Å²) in [6, 6.07) is 23.0. The second kappa shape index (κ2) is 8.50. The van der Waals surface area contributed by atoms with Crippen molar-refractivity contribution in [3.63, 3.8) is 0 Å². The van der Waals surface area contributed by atoms with Crippen LogP contribution in [0.25, 0.3) is 11.1 Å². The third-order valence-corrected chi connectivity index (χ3v) is 4.53. The van der Waals surface area contributed by atoms with E-state index in [0.717, 1.165) is 11.1 Å². The van der Waals surface area contributed by atoms with Gasteiger partial charge in [0.15, 0.2) is 17.4 Å². The average molecular weight is 361 g/mol. The van der Waals surface area contributed by atoms with Crippen LogP contribution in [0, 0.1) is 0 Å². The maximum absolute atomic E-state index is 13.2. The monoisotopic (exact) mass is 361 g/mol. The summed E-state index contributed by atoms with van der Waals surface area (Å²) in [5.74, 6) is -0.0215. The van der Waals surface area contributed by atoms with Crippen LogP contribution in [0.1, 0.15) is 23.3 Å². The minimum Gasteiger partial charge on any atom is -0.374 e. The first kappa shape index (κ1) is 18.0. The number of nitrogens with one attached hydrogen (secondary N) is 1. The van der Waals surface area contributed by atoms with Crippen LogP contribution in [0.3, 0.4) is 0 Å². The summed E-state index contributed by atoms with van der Waals surface area (Å²) in [6.07, 6.45) is 3.73. The number of rotatable bonds is 6. The van der Waals surface area contributed by atoms with Crippen molar-refractivity contribution < 1.29 is 9.36 Å². The van der Waals surface area contributed by atoms with Gasteiger partial charge in [0.1, 0.15) is 0 Å². The predicted molar refractivity (Wildman–Crippen MR) is 108 cm³/mol. The van der Waals surface area contributed by atoms with Crippen molar-refractivity contribution in [3.05, 3.63) is 90.8 Å². The fraction of sp³-hybridized carbons (Fsp3) is 0.136. The van der Waals surface area contributed by atoms with E-state index in [1.165, 1.54) is 0 Å². The van der Waals surface area contributed by atoms with E-state index in [1.54, 1.807) is 0 Å². The lowest BCUT2D eigenvalue weighted by Crippen LogP contribution is -2.51. The molecule has 0 aliphatic rings. The van der Waals surface area contributed by atoms with Crippen LogP contribution in [0.5, 0.6) is 0 Å². The number of hydrogen-bond donors (Lipinski definition) is 1. The first-order valence-electron chi connectivity index (χ1n) is 8.64. The summed E-state index contributed by atoms with van der Waals surface area (Å²) in [4.78, 5) is 13.7. The lowest BCUT2D eigenvalue weighted by Gasteiger charge is -2.14. The lowest BCUT2D eigenvalue weighted by atomic mass is 9.99. The van der Waals surface area contributed by atoms with Crippen LogP contribution >= 0.6 is 12.2 Å². The minimum atomic E-state index is -0.547. The van der Waals surface area contributed by atoms with Gasteiger partial charge in [0.2, 0.25) is 5.78 Å². The van der Waals surface area contributed by atoms with E-state index in [1.807, 2.05) is 84.5 Å². The molecule has 1 unspecified atom stereocenters. The molecule has 0 bridgehead atoms. The number of carbonyl (C=O) groups excluding carboxylic acids is 1. The molecule has 0 aliphatic carbocycles. The fourth-order valence-corrected chi connectivity index (χ4v) is 3.23. The Labute approximate surface area is 159 Å². The summed E-state index contributed by atoms with van der Waals surface area (Å²) in [6.45, 7) is 2.65. The molecule has 0 amide bonds. The van der Waals surface area contributed by atoms with Crippen molar-refractivity contribution in [2.75, 3.05) is 6.54 Å². The van der Waals surface area contributed by atoms with Crippen LogP contribution < -0.4 is 9.88 Å². The molecule has 3 aromatic rings. The highest BCUT2D eigenvalue weighted by Gasteiger charge is 2.32. The number of nitrogens with zero attached hydrogens (tertiary/aromatic N) is 1. The topological polar surface area (TPSA) is 33.0 Å². The predicted octanol–water partition coefficient (Wildman–Crippen LogP) is 4.00. The molecule has 26 heavy (non-hydrogen) atoms. The largest absolute Gasteiger partial charge is 0.374 e. The van der Waals surface area contributed by atoms with Gasteiger partial charge in [0, 0.05) is 24.2 Å². The van der Waals surface area contributed by atoms with Crippen LogP contribution in [0.4, 0.5) is 0 Å². The first-order valence-corrected chi connectivity index (χ1v) is 9.04. The molecule has 0 radical (unpaired) electrons. The maximum atomic E-state index is 13.2. The van der Waals surface area contributed by atoms with Gasteiger partial charge in [-0.2, -0.15) is 4.57 Å². The molecule has 3 rings (SSSR count). The molecular formula is C22H21N2OS+. The van der Waals surface area contributed by atoms with Crippen LogP contribution in [0.2, 0.25) is 0 Å². The van der Waals surface area contributed by atoms with Gasteiger partial charge in [-0.25, -0.2) is 0 Å². The van der Waals surface area contributed by atoms with Crippen molar-refractivity contribution in [2.45, 2.75) is 13.0 Å². The number of benzene rings is 2. The van der Waals surface area contributed by atoms with E-state index in [-0.39, 0.29) is 5.78 Å². The summed E-state index contributed by atoms with van der Waals surface area (Å²) in [5, 5.41) is 3.12. The standard InChI is InChI=1S/C22H20N2OS/c1-2-23-22(26)20(24-15-7-4-8-16-24)21(25)19-13-11-18(12-14-19)17-9-5-3-6-10-17/h3-16,20H,2H2,1H3/p+1. The van der Waals surface area contributed by atoms with Gasteiger partial charge >= 0.3 is 0 Å². The van der Waals surface area contributed by atoms with E-state index in [2.05, 4.69) is 17.4 Å². The SMILES string of the molecule is CCNC(=S)C(C(=O)c1ccc(-c2ccccc2)cc1)[n+]1ccccc1. The minimum absolute atomic E-state index is 0.0215. The zero-order chi connectivity index (χ0) is 18.4. The summed E-state index contributed by atoms with van der Waals surface area (Å²) >= 11 is 5.48. The molecule has 0 saturated heterocycles. The number of thiocarbonyl (C=S) groups is 1. The molecule has 0 saturated carbocycles. The van der Waals surface area contributed by atoms with Crippen molar-refractivity contribution in [1.29, 1.82) is 0 Å². The molecule has 3 nitrogen and oxygen atoms in total. The highest BCUT2D eigenvalue weighted by molar-refractivity contribution is 7.80. The molecule has 1 heterocycles. The van der Waals surface area contributed by atoms with Crippen LogP contribution in [-0.4, -0.2) is 17.3 Å². The van der Waals surface area contributed by atoms with Crippen molar-refractivity contribution in [3.8, 4) is 11.1 Å². The molecule has 0 fully saturated rings. The highest BCUT2D eigenvalue weighted by atomic mass is 32.1. The Balaban J connectivity index is 1.90.